The topological polar surface area (TPSA) is 59.7 Å². The molecule has 134 valence electrons. The molecule has 4 rings (SSSR count). The molecule has 0 bridgehead atoms. The lowest BCUT2D eigenvalue weighted by molar-refractivity contribution is 0.00701. The highest BCUT2D eigenvalue weighted by atomic mass is 79.9. The number of hydrogen-bond donors (Lipinski definition) is 0. The van der Waals surface area contributed by atoms with Crippen LogP contribution in [-0.4, -0.2) is 51.2 Å². The van der Waals surface area contributed by atoms with Crippen LogP contribution in [0.25, 0.3) is 5.65 Å². The normalized spacial score (nSPS) is 24.2. The Hall–Kier alpha value is -1.18. The van der Waals surface area contributed by atoms with E-state index in [9.17, 15) is 4.79 Å². The number of aromatic nitrogens is 3. The first-order valence-corrected chi connectivity index (χ1v) is 9.91. The molecule has 2 aromatic heterocycles. The van der Waals surface area contributed by atoms with Gasteiger partial charge in [-0.05, 0) is 54.7 Å². The van der Waals surface area contributed by atoms with E-state index in [2.05, 4.69) is 30.9 Å². The molecule has 0 unspecified atom stereocenters. The molecule has 2 aliphatic heterocycles. The van der Waals surface area contributed by atoms with Crippen LogP contribution < -0.4 is 0 Å². The van der Waals surface area contributed by atoms with Gasteiger partial charge in [-0.1, -0.05) is 18.0 Å². The van der Waals surface area contributed by atoms with Crippen molar-refractivity contribution >= 4 is 39.1 Å². The summed E-state index contributed by atoms with van der Waals surface area (Å²) >= 11 is 9.60. The first kappa shape index (κ1) is 17.2. The van der Waals surface area contributed by atoms with Gasteiger partial charge in [0.05, 0.1) is 11.1 Å². The van der Waals surface area contributed by atoms with Crippen LogP contribution in [-0.2, 0) is 4.74 Å². The summed E-state index contributed by atoms with van der Waals surface area (Å²) in [5.74, 6) is -0.0689. The summed E-state index contributed by atoms with van der Waals surface area (Å²) in [5, 5.41) is 4.46. The third-order valence-electron chi connectivity index (χ3n) is 5.24. The summed E-state index contributed by atoms with van der Waals surface area (Å²) in [6.45, 7) is 2.78. The van der Waals surface area contributed by atoms with Crippen LogP contribution in [0.2, 0.25) is 5.02 Å². The molecule has 25 heavy (non-hydrogen) atoms. The fraction of sp³-hybridized carbons (Fsp3) is 0.588. The van der Waals surface area contributed by atoms with E-state index in [0.717, 1.165) is 10.9 Å². The fourth-order valence-corrected chi connectivity index (χ4v) is 4.58. The molecule has 0 radical (unpaired) electrons. The fourth-order valence-electron chi connectivity index (χ4n) is 4.04. The molecule has 0 aromatic carbocycles. The van der Waals surface area contributed by atoms with Crippen LogP contribution >= 0.6 is 27.5 Å². The van der Waals surface area contributed by atoms with E-state index in [0.29, 0.717) is 24.2 Å². The van der Waals surface area contributed by atoms with Gasteiger partial charge in [0.2, 0.25) is 0 Å². The van der Waals surface area contributed by atoms with Gasteiger partial charge in [0.25, 0.3) is 0 Å². The highest BCUT2D eigenvalue weighted by Gasteiger charge is 2.34. The number of fused-ring (bicyclic) bond motifs is 2. The van der Waals surface area contributed by atoms with Gasteiger partial charge in [-0.3, -0.25) is 4.90 Å². The first-order valence-electron chi connectivity index (χ1n) is 8.74. The van der Waals surface area contributed by atoms with Gasteiger partial charge >= 0.3 is 5.97 Å². The molecule has 2 saturated heterocycles. The average molecular weight is 428 g/mol. The Bertz CT molecular complexity index is 794. The molecule has 6 nitrogen and oxygen atoms in total. The minimum absolute atomic E-state index is 0.128. The van der Waals surface area contributed by atoms with Crippen molar-refractivity contribution in [1.29, 1.82) is 0 Å². The van der Waals surface area contributed by atoms with Crippen molar-refractivity contribution in [2.24, 2.45) is 5.92 Å². The van der Waals surface area contributed by atoms with Crippen LogP contribution in [0, 0.1) is 5.92 Å². The number of carbonyl (C=O) groups is 1. The van der Waals surface area contributed by atoms with E-state index < -0.39 is 5.97 Å². The van der Waals surface area contributed by atoms with Crippen molar-refractivity contribution < 1.29 is 9.53 Å². The Morgan fingerprint density at radius 2 is 2.16 bits per heavy atom. The minimum atomic E-state index is -0.473. The van der Waals surface area contributed by atoms with Gasteiger partial charge in [0.1, 0.15) is 5.02 Å². The summed E-state index contributed by atoms with van der Waals surface area (Å²) in [4.78, 5) is 19.2. The molecule has 0 spiro atoms. The molecule has 2 aliphatic rings. The maximum atomic E-state index is 12.5. The monoisotopic (exact) mass is 426 g/mol. The standard InChI is InChI=1S/C17H20BrClN4O2/c18-12-8-20-16-14(19)15(21-23(16)9-12)17(24)25-10-11-4-3-7-22-6-2-1-5-13(11)22/h8-9,11,13H,1-7,10H2/t11-,13-/m1/s1. The van der Waals surface area contributed by atoms with Crippen molar-refractivity contribution in [1.82, 2.24) is 19.5 Å². The molecule has 0 aliphatic carbocycles. The molecular formula is C17H20BrClN4O2. The molecular weight excluding hydrogens is 408 g/mol. The van der Waals surface area contributed by atoms with Crippen LogP contribution in [0.5, 0.6) is 0 Å². The number of rotatable bonds is 3. The quantitative estimate of drug-likeness (QED) is 0.701. The molecule has 2 atom stereocenters. The van der Waals surface area contributed by atoms with Crippen molar-refractivity contribution in [3.63, 3.8) is 0 Å². The number of nitrogens with zero attached hydrogens (tertiary/aromatic N) is 4. The molecule has 2 fully saturated rings. The van der Waals surface area contributed by atoms with Crippen molar-refractivity contribution in [3.05, 3.63) is 27.6 Å². The van der Waals surface area contributed by atoms with E-state index in [1.807, 2.05) is 0 Å². The predicted octanol–water partition coefficient (Wildman–Crippen LogP) is 3.57. The highest BCUT2D eigenvalue weighted by Crippen LogP contribution is 2.31. The van der Waals surface area contributed by atoms with Gasteiger partial charge in [-0.2, -0.15) is 5.10 Å². The predicted molar refractivity (Wildman–Crippen MR) is 97.9 cm³/mol. The zero-order valence-electron chi connectivity index (χ0n) is 13.8. The Morgan fingerprint density at radius 3 is 3.04 bits per heavy atom. The lowest BCUT2D eigenvalue weighted by Gasteiger charge is -2.44. The smallest absolute Gasteiger partial charge is 0.360 e. The van der Waals surface area contributed by atoms with Gasteiger partial charge < -0.3 is 4.74 Å². The number of hydrogen-bond acceptors (Lipinski definition) is 5. The van der Waals surface area contributed by atoms with Gasteiger partial charge in [-0.15, -0.1) is 0 Å². The van der Waals surface area contributed by atoms with Crippen molar-refractivity contribution in [2.75, 3.05) is 19.7 Å². The second-order valence-corrected chi connectivity index (χ2v) is 8.10. The van der Waals surface area contributed by atoms with Gasteiger partial charge in [-0.25, -0.2) is 14.3 Å². The number of piperidine rings is 2. The maximum Gasteiger partial charge on any atom is 0.360 e. The van der Waals surface area contributed by atoms with Crippen LogP contribution in [0.4, 0.5) is 0 Å². The summed E-state index contributed by atoms with van der Waals surface area (Å²) in [7, 11) is 0. The number of carbonyl (C=O) groups excluding carboxylic acids is 1. The van der Waals surface area contributed by atoms with E-state index >= 15 is 0 Å². The van der Waals surface area contributed by atoms with E-state index in [1.165, 1.54) is 43.3 Å². The SMILES string of the molecule is O=C(OC[C@H]1CCCN2CCCC[C@H]12)c1nn2cc(Br)cnc2c1Cl. The zero-order valence-corrected chi connectivity index (χ0v) is 16.2. The second-order valence-electron chi connectivity index (χ2n) is 6.80. The van der Waals surface area contributed by atoms with Crippen LogP contribution in [0.3, 0.4) is 0 Å². The second kappa shape index (κ2) is 7.21. The summed E-state index contributed by atoms with van der Waals surface area (Å²) in [5.41, 5.74) is 0.580. The third kappa shape index (κ3) is 3.41. The Labute approximate surface area is 159 Å². The molecule has 8 heteroatoms. The highest BCUT2D eigenvalue weighted by molar-refractivity contribution is 9.10. The van der Waals surface area contributed by atoms with E-state index in [-0.39, 0.29) is 10.7 Å². The van der Waals surface area contributed by atoms with E-state index in [4.69, 9.17) is 16.3 Å². The number of ether oxygens (including phenoxy) is 1. The largest absolute Gasteiger partial charge is 0.461 e. The van der Waals surface area contributed by atoms with Gasteiger partial charge in [0, 0.05) is 24.4 Å². The van der Waals surface area contributed by atoms with E-state index in [1.54, 1.807) is 12.4 Å². The first-order chi connectivity index (χ1) is 12.1. The summed E-state index contributed by atoms with van der Waals surface area (Å²) in [6, 6.07) is 0.546. The van der Waals surface area contributed by atoms with Crippen LogP contribution in [0.15, 0.2) is 16.9 Å². The summed E-state index contributed by atoms with van der Waals surface area (Å²) in [6.07, 6.45) is 9.37. The average Bonchev–Trinajstić information content (AvgIpc) is 2.95. The molecule has 2 aromatic rings. The van der Waals surface area contributed by atoms with Crippen molar-refractivity contribution in [3.8, 4) is 0 Å². The maximum absolute atomic E-state index is 12.5. The van der Waals surface area contributed by atoms with Crippen LogP contribution in [0.1, 0.15) is 42.6 Å². The number of halogens is 2. The zero-order chi connectivity index (χ0) is 17.4. The molecule has 0 saturated carbocycles. The Balaban J connectivity index is 1.46. The van der Waals surface area contributed by atoms with Crippen molar-refractivity contribution in [2.45, 2.75) is 38.1 Å². The summed E-state index contributed by atoms with van der Waals surface area (Å²) < 4.78 is 7.85. The minimum Gasteiger partial charge on any atom is -0.461 e. The third-order valence-corrected chi connectivity index (χ3v) is 5.99. The number of esters is 1. The lowest BCUT2D eigenvalue weighted by Crippen LogP contribution is -2.49. The lowest BCUT2D eigenvalue weighted by atomic mass is 9.84. The molecule has 0 amide bonds. The molecule has 0 N–H and O–H groups in total. The Kier molecular flexibility index (Phi) is 4.97. The van der Waals surface area contributed by atoms with Gasteiger partial charge in [0.15, 0.2) is 11.3 Å². The Morgan fingerprint density at radius 1 is 1.32 bits per heavy atom. The molecule has 4 heterocycles.